The highest BCUT2D eigenvalue weighted by Crippen LogP contribution is 2.37. The monoisotopic (exact) mass is 433 g/mol. The highest BCUT2D eigenvalue weighted by molar-refractivity contribution is 5.82. The number of halogens is 2. The molecule has 4 nitrogen and oxygen atoms in total. The Morgan fingerprint density at radius 1 is 0.938 bits per heavy atom. The van der Waals surface area contributed by atoms with E-state index >= 15 is 0 Å². The molecule has 5 rings (SSSR count). The van der Waals surface area contributed by atoms with E-state index in [-0.39, 0.29) is 29.5 Å². The molecule has 1 fully saturated rings. The van der Waals surface area contributed by atoms with Crippen molar-refractivity contribution < 1.29 is 13.6 Å². The minimum absolute atomic E-state index is 0.00351. The van der Waals surface area contributed by atoms with Crippen molar-refractivity contribution in [3.8, 4) is 0 Å². The van der Waals surface area contributed by atoms with Crippen LogP contribution in [0.5, 0.6) is 0 Å². The van der Waals surface area contributed by atoms with Crippen molar-refractivity contribution in [2.24, 2.45) is 5.92 Å². The lowest BCUT2D eigenvalue weighted by molar-refractivity contribution is -0.126. The summed E-state index contributed by atoms with van der Waals surface area (Å²) in [5, 5.41) is 3.02. The van der Waals surface area contributed by atoms with Gasteiger partial charge in [0.15, 0.2) is 0 Å². The third-order valence-electron chi connectivity index (χ3n) is 6.51. The van der Waals surface area contributed by atoms with Gasteiger partial charge in [-0.2, -0.15) is 0 Å². The van der Waals surface area contributed by atoms with Gasteiger partial charge in [0, 0.05) is 37.6 Å². The van der Waals surface area contributed by atoms with Crippen LogP contribution in [0.25, 0.3) is 0 Å². The van der Waals surface area contributed by atoms with Gasteiger partial charge in [0.25, 0.3) is 0 Å². The molecule has 164 valence electrons. The summed E-state index contributed by atoms with van der Waals surface area (Å²) >= 11 is 0. The van der Waals surface area contributed by atoms with Gasteiger partial charge in [-0.05, 0) is 60.0 Å². The number of carbonyl (C=O) groups excluding carboxylic acids is 1. The lowest BCUT2D eigenvalue weighted by Gasteiger charge is -2.49. The zero-order valence-corrected chi connectivity index (χ0v) is 17.7. The highest BCUT2D eigenvalue weighted by atomic mass is 19.1. The molecule has 0 aliphatic carbocycles. The van der Waals surface area contributed by atoms with Gasteiger partial charge >= 0.3 is 0 Å². The zero-order chi connectivity index (χ0) is 22.1. The van der Waals surface area contributed by atoms with E-state index in [4.69, 9.17) is 0 Å². The number of piperazine rings is 1. The predicted octanol–water partition coefficient (Wildman–Crippen LogP) is 4.15. The largest absolute Gasteiger partial charge is 0.368 e. The molecule has 2 atom stereocenters. The molecule has 3 aromatic rings. The SMILES string of the molecule is O=C(NCc1cccc(F)c1)[C@@H]1Cc2ccccc2N2CCN(c3ccc(F)cc3)C[C@H]12. The minimum Gasteiger partial charge on any atom is -0.368 e. The van der Waals surface area contributed by atoms with E-state index in [1.807, 2.05) is 18.2 Å². The van der Waals surface area contributed by atoms with Crippen LogP contribution < -0.4 is 15.1 Å². The summed E-state index contributed by atoms with van der Waals surface area (Å²) in [7, 11) is 0. The summed E-state index contributed by atoms with van der Waals surface area (Å²) in [5.41, 5.74) is 4.06. The lowest BCUT2D eigenvalue weighted by atomic mass is 9.83. The van der Waals surface area contributed by atoms with E-state index < -0.39 is 0 Å². The highest BCUT2D eigenvalue weighted by Gasteiger charge is 2.41. The van der Waals surface area contributed by atoms with E-state index in [2.05, 4.69) is 27.2 Å². The van der Waals surface area contributed by atoms with E-state index in [1.54, 1.807) is 18.2 Å². The normalized spacial score (nSPS) is 19.8. The van der Waals surface area contributed by atoms with E-state index in [0.29, 0.717) is 19.5 Å². The smallest absolute Gasteiger partial charge is 0.225 e. The molecule has 0 spiro atoms. The first-order valence-corrected chi connectivity index (χ1v) is 11.0. The van der Waals surface area contributed by atoms with Crippen LogP contribution in [0.1, 0.15) is 11.1 Å². The van der Waals surface area contributed by atoms with Crippen molar-refractivity contribution in [3.05, 3.63) is 95.6 Å². The molecule has 1 N–H and O–H groups in total. The Balaban J connectivity index is 1.38. The zero-order valence-electron chi connectivity index (χ0n) is 17.7. The fraction of sp³-hybridized carbons (Fsp3) is 0.269. The first kappa shape index (κ1) is 20.5. The molecular weight excluding hydrogens is 408 g/mol. The van der Waals surface area contributed by atoms with Crippen LogP contribution in [0, 0.1) is 17.6 Å². The Hall–Kier alpha value is -3.41. The first-order chi connectivity index (χ1) is 15.6. The molecule has 0 bridgehead atoms. The second-order valence-electron chi connectivity index (χ2n) is 8.47. The number of hydrogen-bond donors (Lipinski definition) is 1. The molecule has 0 saturated carbocycles. The molecule has 0 radical (unpaired) electrons. The molecule has 2 heterocycles. The summed E-state index contributed by atoms with van der Waals surface area (Å²) in [5.74, 6) is -0.827. The fourth-order valence-electron chi connectivity index (χ4n) is 4.91. The molecule has 1 saturated heterocycles. The van der Waals surface area contributed by atoms with E-state index in [0.717, 1.165) is 24.3 Å². The van der Waals surface area contributed by atoms with Gasteiger partial charge in [-0.3, -0.25) is 4.79 Å². The Morgan fingerprint density at radius 3 is 2.56 bits per heavy atom. The van der Waals surface area contributed by atoms with Crippen molar-refractivity contribution in [3.63, 3.8) is 0 Å². The molecule has 3 aromatic carbocycles. The molecule has 1 amide bonds. The number of amides is 1. The number of para-hydroxylation sites is 1. The Bertz CT molecular complexity index is 1120. The van der Waals surface area contributed by atoms with Crippen LogP contribution in [0.4, 0.5) is 20.2 Å². The van der Waals surface area contributed by atoms with Crippen LogP contribution in [0.15, 0.2) is 72.8 Å². The summed E-state index contributed by atoms with van der Waals surface area (Å²) < 4.78 is 26.9. The van der Waals surface area contributed by atoms with E-state index in [9.17, 15) is 13.6 Å². The topological polar surface area (TPSA) is 35.6 Å². The van der Waals surface area contributed by atoms with Gasteiger partial charge < -0.3 is 15.1 Å². The van der Waals surface area contributed by atoms with Crippen LogP contribution >= 0.6 is 0 Å². The standard InChI is InChI=1S/C26H25F2N3O/c27-20-8-10-22(11-9-20)30-12-13-31-24-7-2-1-5-19(24)15-23(25(31)17-30)26(32)29-16-18-4-3-6-21(28)14-18/h1-11,14,23,25H,12-13,15-17H2,(H,29,32)/t23-,25-/m1/s1. The van der Waals surface area contributed by atoms with Gasteiger partial charge in [0.05, 0.1) is 12.0 Å². The van der Waals surface area contributed by atoms with Gasteiger partial charge in [0.2, 0.25) is 5.91 Å². The average molecular weight is 434 g/mol. The van der Waals surface area contributed by atoms with E-state index in [1.165, 1.54) is 35.5 Å². The van der Waals surface area contributed by atoms with Crippen LogP contribution in [0.3, 0.4) is 0 Å². The number of nitrogens with zero attached hydrogens (tertiary/aromatic N) is 2. The molecule has 6 heteroatoms. The fourth-order valence-corrected chi connectivity index (χ4v) is 4.91. The molecule has 0 aromatic heterocycles. The Labute approximate surface area is 186 Å². The molecule has 32 heavy (non-hydrogen) atoms. The van der Waals surface area contributed by atoms with Crippen LogP contribution in [0.2, 0.25) is 0 Å². The minimum atomic E-state index is -0.309. The molecule has 0 unspecified atom stereocenters. The lowest BCUT2D eigenvalue weighted by Crippen LogP contribution is -2.61. The molecule has 2 aliphatic rings. The number of benzene rings is 3. The third kappa shape index (κ3) is 4.05. The summed E-state index contributed by atoms with van der Waals surface area (Å²) in [6.45, 7) is 2.56. The Kier molecular flexibility index (Phi) is 5.52. The molecular formula is C26H25F2N3O. The second kappa shape index (κ2) is 8.61. The van der Waals surface area contributed by atoms with Gasteiger partial charge in [-0.15, -0.1) is 0 Å². The number of carbonyl (C=O) groups is 1. The van der Waals surface area contributed by atoms with Gasteiger partial charge in [-0.1, -0.05) is 30.3 Å². The van der Waals surface area contributed by atoms with Crippen molar-refractivity contribution >= 4 is 17.3 Å². The predicted molar refractivity (Wildman–Crippen MR) is 122 cm³/mol. The molecule has 2 aliphatic heterocycles. The quantitative estimate of drug-likeness (QED) is 0.672. The maximum atomic E-state index is 13.5. The van der Waals surface area contributed by atoms with Gasteiger partial charge in [0.1, 0.15) is 11.6 Å². The first-order valence-electron chi connectivity index (χ1n) is 11.0. The van der Waals surface area contributed by atoms with Crippen molar-refractivity contribution in [2.45, 2.75) is 19.0 Å². The summed E-state index contributed by atoms with van der Waals surface area (Å²) in [6, 6.07) is 21.1. The van der Waals surface area contributed by atoms with Crippen LogP contribution in [-0.4, -0.2) is 31.6 Å². The number of nitrogens with one attached hydrogen (secondary N) is 1. The summed E-state index contributed by atoms with van der Waals surface area (Å²) in [6.07, 6.45) is 0.656. The second-order valence-corrected chi connectivity index (χ2v) is 8.47. The summed E-state index contributed by atoms with van der Waals surface area (Å²) in [4.78, 5) is 17.9. The van der Waals surface area contributed by atoms with Crippen molar-refractivity contribution in [2.75, 3.05) is 29.4 Å². The number of hydrogen-bond acceptors (Lipinski definition) is 3. The average Bonchev–Trinajstić information content (AvgIpc) is 2.82. The Morgan fingerprint density at radius 2 is 1.75 bits per heavy atom. The number of fused-ring (bicyclic) bond motifs is 3. The van der Waals surface area contributed by atoms with Crippen molar-refractivity contribution in [1.82, 2.24) is 5.32 Å². The number of rotatable bonds is 4. The van der Waals surface area contributed by atoms with Crippen LogP contribution in [-0.2, 0) is 17.8 Å². The maximum absolute atomic E-state index is 13.5. The number of anilines is 2. The van der Waals surface area contributed by atoms with Gasteiger partial charge in [-0.25, -0.2) is 8.78 Å². The maximum Gasteiger partial charge on any atom is 0.225 e. The van der Waals surface area contributed by atoms with Crippen molar-refractivity contribution in [1.29, 1.82) is 0 Å². The third-order valence-corrected chi connectivity index (χ3v) is 6.51.